The van der Waals surface area contributed by atoms with Crippen LogP contribution in [0.15, 0.2) is 61.2 Å². The van der Waals surface area contributed by atoms with Gasteiger partial charge in [-0.15, -0.1) is 0 Å². The van der Waals surface area contributed by atoms with E-state index in [1.807, 2.05) is 47.2 Å². The lowest BCUT2D eigenvalue weighted by atomic mass is 9.95. The molecule has 0 unspecified atom stereocenters. The van der Waals surface area contributed by atoms with Crippen LogP contribution in [0.25, 0.3) is 11.6 Å². The number of carbonyl (C=O) groups is 1. The van der Waals surface area contributed by atoms with Gasteiger partial charge in [0.15, 0.2) is 0 Å². The van der Waals surface area contributed by atoms with Crippen molar-refractivity contribution in [3.8, 4) is 0 Å². The number of halogens is 1. The SMILES string of the molecule is O=C1CCc2cc(/C(=C\c3ccccc3Cl)Cn3ccnc3)ccc2N1. The summed E-state index contributed by atoms with van der Waals surface area (Å²) in [5.41, 5.74) is 5.31. The van der Waals surface area contributed by atoms with Crippen molar-refractivity contribution in [3.63, 3.8) is 0 Å². The van der Waals surface area contributed by atoms with Crippen molar-refractivity contribution < 1.29 is 4.79 Å². The fraction of sp³-hybridized carbons (Fsp3) is 0.143. The minimum Gasteiger partial charge on any atom is -0.333 e. The second kappa shape index (κ2) is 7.18. The first-order valence-corrected chi connectivity index (χ1v) is 8.91. The van der Waals surface area contributed by atoms with E-state index in [1.165, 1.54) is 0 Å². The number of allylic oxidation sites excluding steroid dienone is 1. The average Bonchev–Trinajstić information content (AvgIpc) is 3.15. The van der Waals surface area contributed by atoms with Gasteiger partial charge in [0.05, 0.1) is 6.33 Å². The van der Waals surface area contributed by atoms with Crippen LogP contribution in [0.3, 0.4) is 0 Å². The zero-order chi connectivity index (χ0) is 17.9. The first-order chi connectivity index (χ1) is 12.7. The highest BCUT2D eigenvalue weighted by Gasteiger charge is 2.16. The van der Waals surface area contributed by atoms with Crippen LogP contribution in [0.4, 0.5) is 5.69 Å². The number of anilines is 1. The molecule has 0 aliphatic carbocycles. The number of aromatic nitrogens is 2. The van der Waals surface area contributed by atoms with Crippen molar-refractivity contribution in [2.75, 3.05) is 5.32 Å². The van der Waals surface area contributed by atoms with Crippen LogP contribution in [0.2, 0.25) is 5.02 Å². The maximum atomic E-state index is 11.6. The topological polar surface area (TPSA) is 46.9 Å². The number of rotatable bonds is 4. The Kier molecular flexibility index (Phi) is 4.59. The molecule has 0 radical (unpaired) electrons. The lowest BCUT2D eigenvalue weighted by Gasteiger charge is -2.19. The van der Waals surface area contributed by atoms with E-state index < -0.39 is 0 Å². The zero-order valence-corrected chi connectivity index (χ0v) is 14.9. The molecule has 0 bridgehead atoms. The van der Waals surface area contributed by atoms with Gasteiger partial charge < -0.3 is 9.88 Å². The molecule has 130 valence electrons. The molecule has 0 atom stereocenters. The van der Waals surface area contributed by atoms with E-state index in [1.54, 1.807) is 12.5 Å². The maximum Gasteiger partial charge on any atom is 0.224 e. The number of nitrogens with zero attached hydrogens (tertiary/aromatic N) is 2. The molecule has 1 aliphatic rings. The average molecular weight is 364 g/mol. The van der Waals surface area contributed by atoms with Crippen molar-refractivity contribution in [1.29, 1.82) is 0 Å². The third-order valence-electron chi connectivity index (χ3n) is 4.52. The Morgan fingerprint density at radius 2 is 2.12 bits per heavy atom. The Morgan fingerprint density at radius 1 is 1.23 bits per heavy atom. The summed E-state index contributed by atoms with van der Waals surface area (Å²) in [7, 11) is 0. The molecule has 1 amide bonds. The summed E-state index contributed by atoms with van der Waals surface area (Å²) in [6.07, 6.45) is 8.93. The summed E-state index contributed by atoms with van der Waals surface area (Å²) in [5.74, 6) is 0.0792. The highest BCUT2D eigenvalue weighted by Crippen LogP contribution is 2.29. The fourth-order valence-corrected chi connectivity index (χ4v) is 3.35. The predicted octanol–water partition coefficient (Wildman–Crippen LogP) is 4.66. The van der Waals surface area contributed by atoms with Crippen molar-refractivity contribution >= 4 is 34.8 Å². The monoisotopic (exact) mass is 363 g/mol. The summed E-state index contributed by atoms with van der Waals surface area (Å²) in [4.78, 5) is 15.7. The molecule has 5 heteroatoms. The smallest absolute Gasteiger partial charge is 0.224 e. The van der Waals surface area contributed by atoms with Crippen molar-refractivity contribution in [2.45, 2.75) is 19.4 Å². The lowest BCUT2D eigenvalue weighted by molar-refractivity contribution is -0.116. The quantitative estimate of drug-likeness (QED) is 0.685. The fourth-order valence-electron chi connectivity index (χ4n) is 3.16. The van der Waals surface area contributed by atoms with E-state index in [0.29, 0.717) is 13.0 Å². The first-order valence-electron chi connectivity index (χ1n) is 8.53. The molecule has 4 nitrogen and oxygen atoms in total. The van der Waals surface area contributed by atoms with Crippen LogP contribution in [0.5, 0.6) is 0 Å². The second-order valence-corrected chi connectivity index (χ2v) is 6.75. The van der Waals surface area contributed by atoms with E-state index in [0.717, 1.165) is 39.4 Å². The summed E-state index contributed by atoms with van der Waals surface area (Å²) in [6.45, 7) is 0.691. The van der Waals surface area contributed by atoms with Gasteiger partial charge in [-0.05, 0) is 53.0 Å². The van der Waals surface area contributed by atoms with Crippen LogP contribution in [-0.2, 0) is 17.8 Å². The van der Waals surface area contributed by atoms with Gasteiger partial charge in [0.1, 0.15) is 0 Å². The minimum atomic E-state index is 0.0792. The van der Waals surface area contributed by atoms with Gasteiger partial charge in [-0.2, -0.15) is 0 Å². The van der Waals surface area contributed by atoms with Crippen LogP contribution >= 0.6 is 11.6 Å². The Hall–Kier alpha value is -2.85. The van der Waals surface area contributed by atoms with Crippen molar-refractivity contribution in [2.24, 2.45) is 0 Å². The standard InChI is InChI=1S/C21H18ClN3O/c22-19-4-2-1-3-16(19)12-18(13-25-10-9-23-14-25)15-5-7-20-17(11-15)6-8-21(26)24-20/h1-5,7,9-12,14H,6,8,13H2,(H,24,26)/b18-12-. The largest absolute Gasteiger partial charge is 0.333 e. The normalized spacial score (nSPS) is 14.0. The van der Waals surface area contributed by atoms with E-state index in [9.17, 15) is 4.79 Å². The van der Waals surface area contributed by atoms with Gasteiger partial charge in [0.2, 0.25) is 5.91 Å². The number of hydrogen-bond donors (Lipinski definition) is 1. The number of nitrogens with one attached hydrogen (secondary N) is 1. The summed E-state index contributed by atoms with van der Waals surface area (Å²) < 4.78 is 2.03. The van der Waals surface area contributed by atoms with E-state index in [2.05, 4.69) is 22.4 Å². The Morgan fingerprint density at radius 3 is 2.92 bits per heavy atom. The molecule has 1 aromatic heterocycles. The lowest BCUT2D eigenvalue weighted by Crippen LogP contribution is -2.19. The van der Waals surface area contributed by atoms with E-state index in [-0.39, 0.29) is 5.91 Å². The molecular weight excluding hydrogens is 346 g/mol. The van der Waals surface area contributed by atoms with Gasteiger partial charge >= 0.3 is 0 Å². The highest BCUT2D eigenvalue weighted by molar-refractivity contribution is 6.32. The number of fused-ring (bicyclic) bond motifs is 1. The molecule has 1 aliphatic heterocycles. The second-order valence-electron chi connectivity index (χ2n) is 6.35. The number of aryl methyl sites for hydroxylation is 1. The van der Waals surface area contributed by atoms with Crippen molar-refractivity contribution in [1.82, 2.24) is 9.55 Å². The maximum absolute atomic E-state index is 11.6. The van der Waals surface area contributed by atoms with Crippen molar-refractivity contribution in [3.05, 3.63) is 82.9 Å². The Bertz CT molecular complexity index is 977. The van der Waals surface area contributed by atoms with Gasteiger partial charge in [0.25, 0.3) is 0 Å². The number of amides is 1. The molecular formula is C21H18ClN3O. The Labute approximate surface area is 157 Å². The first kappa shape index (κ1) is 16.6. The van der Waals surface area contributed by atoms with Crippen LogP contribution in [0.1, 0.15) is 23.1 Å². The van der Waals surface area contributed by atoms with Gasteiger partial charge in [-0.25, -0.2) is 4.98 Å². The predicted molar refractivity (Wildman–Crippen MR) is 105 cm³/mol. The third kappa shape index (κ3) is 3.55. The van der Waals surface area contributed by atoms with E-state index >= 15 is 0 Å². The number of benzene rings is 2. The molecule has 0 spiro atoms. The third-order valence-corrected chi connectivity index (χ3v) is 4.86. The number of carbonyl (C=O) groups excluding carboxylic acids is 1. The van der Waals surface area contributed by atoms with Crippen LogP contribution in [0, 0.1) is 0 Å². The molecule has 4 rings (SSSR count). The summed E-state index contributed by atoms with van der Waals surface area (Å²) >= 11 is 6.36. The molecule has 0 saturated heterocycles. The molecule has 3 aromatic rings. The summed E-state index contributed by atoms with van der Waals surface area (Å²) in [6, 6.07) is 14.0. The van der Waals surface area contributed by atoms with Gasteiger partial charge in [-0.3, -0.25) is 4.79 Å². The molecule has 26 heavy (non-hydrogen) atoms. The molecule has 1 N–H and O–H groups in total. The number of hydrogen-bond acceptors (Lipinski definition) is 2. The van der Waals surface area contributed by atoms with Crippen LogP contribution < -0.4 is 5.32 Å². The number of imidazole rings is 1. The van der Waals surface area contributed by atoms with Gasteiger partial charge in [0, 0.05) is 36.1 Å². The van der Waals surface area contributed by atoms with E-state index in [4.69, 9.17) is 11.6 Å². The van der Waals surface area contributed by atoms with Gasteiger partial charge in [-0.1, -0.05) is 35.9 Å². The zero-order valence-electron chi connectivity index (χ0n) is 14.2. The van der Waals surface area contributed by atoms with Crippen LogP contribution in [-0.4, -0.2) is 15.5 Å². The highest BCUT2D eigenvalue weighted by atomic mass is 35.5. The molecule has 2 heterocycles. The molecule has 2 aromatic carbocycles. The minimum absolute atomic E-state index is 0.0792. The summed E-state index contributed by atoms with van der Waals surface area (Å²) in [5, 5.41) is 3.66. The molecule has 0 fully saturated rings. The molecule has 0 saturated carbocycles. The Balaban J connectivity index is 1.76.